The van der Waals surface area contributed by atoms with E-state index in [9.17, 15) is 14.4 Å². The van der Waals surface area contributed by atoms with Gasteiger partial charge in [0.25, 0.3) is 5.56 Å². The highest BCUT2D eigenvalue weighted by Gasteiger charge is 2.21. The smallest absolute Gasteiger partial charge is 0.266 e. The Bertz CT molecular complexity index is 1430. The zero-order valence-corrected chi connectivity index (χ0v) is 19.3. The maximum absolute atomic E-state index is 13.4. The van der Waals surface area contributed by atoms with Crippen molar-refractivity contribution in [3.8, 4) is 5.69 Å². The molecular formula is C26H23N3O3S. The number of para-hydroxylation sites is 2. The molecule has 1 aromatic heterocycles. The van der Waals surface area contributed by atoms with Gasteiger partial charge in [0.2, 0.25) is 5.91 Å². The van der Waals surface area contributed by atoms with Crippen LogP contribution in [0.15, 0.2) is 82.7 Å². The van der Waals surface area contributed by atoms with E-state index in [1.807, 2.05) is 43.3 Å². The predicted octanol–water partition coefficient (Wildman–Crippen LogP) is 5.02. The molecule has 1 atom stereocenters. The van der Waals surface area contributed by atoms with E-state index >= 15 is 0 Å². The molecule has 1 N–H and O–H groups in total. The van der Waals surface area contributed by atoms with Gasteiger partial charge in [-0.15, -0.1) is 0 Å². The molecule has 0 bridgehead atoms. The van der Waals surface area contributed by atoms with E-state index in [2.05, 4.69) is 5.32 Å². The third-order valence-corrected chi connectivity index (χ3v) is 6.34. The number of nitrogens with zero attached hydrogens (tertiary/aromatic N) is 2. The van der Waals surface area contributed by atoms with Crippen LogP contribution in [0, 0.1) is 6.92 Å². The summed E-state index contributed by atoms with van der Waals surface area (Å²) in [4.78, 5) is 42.7. The van der Waals surface area contributed by atoms with Crippen LogP contribution in [-0.4, -0.2) is 26.5 Å². The Balaban J connectivity index is 1.70. The summed E-state index contributed by atoms with van der Waals surface area (Å²) in [6.45, 7) is 5.18. The first-order chi connectivity index (χ1) is 15.8. The Morgan fingerprint density at radius 2 is 1.73 bits per heavy atom. The molecule has 7 heteroatoms. The second-order valence-corrected chi connectivity index (χ2v) is 9.03. The number of nitrogens with one attached hydrogen (secondary N) is 1. The van der Waals surface area contributed by atoms with Crippen molar-refractivity contribution in [2.45, 2.75) is 31.2 Å². The van der Waals surface area contributed by atoms with Crippen LogP contribution in [0.25, 0.3) is 16.6 Å². The number of hydrogen-bond donors (Lipinski definition) is 1. The molecule has 0 fully saturated rings. The van der Waals surface area contributed by atoms with Gasteiger partial charge in [-0.25, -0.2) is 4.98 Å². The predicted molar refractivity (Wildman–Crippen MR) is 132 cm³/mol. The minimum Gasteiger partial charge on any atom is -0.325 e. The number of fused-ring (bicyclic) bond motifs is 1. The molecule has 4 rings (SSSR count). The third kappa shape index (κ3) is 4.73. The SMILES string of the molecule is CC(=O)c1cccc(NC(=O)C(C)Sc2nc3ccccc3c(=O)n2-c2ccccc2C)c1. The van der Waals surface area contributed by atoms with Crippen molar-refractivity contribution in [1.82, 2.24) is 9.55 Å². The minimum atomic E-state index is -0.547. The van der Waals surface area contributed by atoms with E-state index in [0.717, 1.165) is 11.3 Å². The van der Waals surface area contributed by atoms with Crippen LogP contribution in [0.5, 0.6) is 0 Å². The molecule has 1 heterocycles. The first-order valence-electron chi connectivity index (χ1n) is 10.5. The van der Waals surface area contributed by atoms with E-state index in [-0.39, 0.29) is 17.2 Å². The van der Waals surface area contributed by atoms with Crippen molar-refractivity contribution in [1.29, 1.82) is 0 Å². The van der Waals surface area contributed by atoms with Crippen LogP contribution in [0.1, 0.15) is 29.8 Å². The molecule has 0 radical (unpaired) electrons. The maximum Gasteiger partial charge on any atom is 0.266 e. The first kappa shape index (κ1) is 22.5. The number of thioether (sulfide) groups is 1. The topological polar surface area (TPSA) is 81.1 Å². The summed E-state index contributed by atoms with van der Waals surface area (Å²) in [7, 11) is 0. The number of rotatable bonds is 6. The molecular weight excluding hydrogens is 434 g/mol. The summed E-state index contributed by atoms with van der Waals surface area (Å²) in [5, 5.41) is 3.26. The van der Waals surface area contributed by atoms with Gasteiger partial charge in [0.15, 0.2) is 10.9 Å². The van der Waals surface area contributed by atoms with Crippen molar-refractivity contribution in [2.24, 2.45) is 0 Å². The van der Waals surface area contributed by atoms with E-state index in [0.29, 0.717) is 27.3 Å². The number of amides is 1. The number of ketones is 1. The highest BCUT2D eigenvalue weighted by molar-refractivity contribution is 8.00. The molecule has 0 aliphatic rings. The Hall–Kier alpha value is -3.71. The normalized spacial score (nSPS) is 11.8. The number of aryl methyl sites for hydroxylation is 1. The fourth-order valence-corrected chi connectivity index (χ4v) is 4.41. The van der Waals surface area contributed by atoms with Gasteiger partial charge in [-0.05, 0) is 56.7 Å². The number of carbonyl (C=O) groups is 2. The Morgan fingerprint density at radius 3 is 2.48 bits per heavy atom. The standard InChI is InChI=1S/C26H23N3O3S/c1-16-9-4-7-14-23(16)29-25(32)21-12-5-6-13-22(21)28-26(29)33-18(3)24(31)27-20-11-8-10-19(15-20)17(2)30/h4-15,18H,1-3H3,(H,27,31). The summed E-state index contributed by atoms with van der Waals surface area (Å²) in [5.74, 6) is -0.324. The summed E-state index contributed by atoms with van der Waals surface area (Å²) < 4.78 is 1.57. The van der Waals surface area contributed by atoms with E-state index in [4.69, 9.17) is 4.98 Å². The zero-order chi connectivity index (χ0) is 23.5. The monoisotopic (exact) mass is 457 g/mol. The van der Waals surface area contributed by atoms with Crippen LogP contribution in [0.4, 0.5) is 5.69 Å². The molecule has 4 aromatic rings. The molecule has 1 amide bonds. The highest BCUT2D eigenvalue weighted by Crippen LogP contribution is 2.27. The molecule has 0 aliphatic carbocycles. The minimum absolute atomic E-state index is 0.0730. The van der Waals surface area contributed by atoms with Gasteiger partial charge in [0.1, 0.15) is 0 Å². The van der Waals surface area contributed by atoms with Crippen LogP contribution in [-0.2, 0) is 4.79 Å². The molecule has 0 spiro atoms. The lowest BCUT2D eigenvalue weighted by Crippen LogP contribution is -2.26. The zero-order valence-electron chi connectivity index (χ0n) is 18.5. The number of hydrogen-bond acceptors (Lipinski definition) is 5. The van der Waals surface area contributed by atoms with Gasteiger partial charge in [0.05, 0.1) is 21.8 Å². The number of benzene rings is 3. The van der Waals surface area contributed by atoms with Crippen molar-refractivity contribution < 1.29 is 9.59 Å². The number of anilines is 1. The molecule has 0 saturated carbocycles. The molecule has 6 nitrogen and oxygen atoms in total. The highest BCUT2D eigenvalue weighted by atomic mass is 32.2. The van der Waals surface area contributed by atoms with Crippen LogP contribution >= 0.6 is 11.8 Å². The van der Waals surface area contributed by atoms with E-state index in [1.54, 1.807) is 47.9 Å². The lowest BCUT2D eigenvalue weighted by Gasteiger charge is -2.17. The molecule has 3 aromatic carbocycles. The molecule has 1 unspecified atom stereocenters. The van der Waals surface area contributed by atoms with Crippen molar-refractivity contribution >= 4 is 40.0 Å². The summed E-state index contributed by atoms with van der Waals surface area (Å²) in [6, 6.07) is 21.6. The Kier molecular flexibility index (Phi) is 6.42. The molecule has 0 aliphatic heterocycles. The molecule has 166 valence electrons. The first-order valence-corrected chi connectivity index (χ1v) is 11.4. The Labute approximate surface area is 195 Å². The average molecular weight is 458 g/mol. The number of Topliss-reactive ketones (excluding diaryl/α,β-unsaturated/α-hetero) is 1. The largest absolute Gasteiger partial charge is 0.325 e. The van der Waals surface area contributed by atoms with Gasteiger partial charge in [-0.2, -0.15) is 0 Å². The van der Waals surface area contributed by atoms with E-state index in [1.165, 1.54) is 18.7 Å². The van der Waals surface area contributed by atoms with Crippen molar-refractivity contribution in [3.05, 3.63) is 94.3 Å². The summed E-state index contributed by atoms with van der Waals surface area (Å²) >= 11 is 1.21. The van der Waals surface area contributed by atoms with Crippen LogP contribution in [0.3, 0.4) is 0 Å². The second kappa shape index (κ2) is 9.42. The molecule has 0 saturated heterocycles. The van der Waals surface area contributed by atoms with Gasteiger partial charge < -0.3 is 5.32 Å². The van der Waals surface area contributed by atoms with Gasteiger partial charge >= 0.3 is 0 Å². The summed E-state index contributed by atoms with van der Waals surface area (Å²) in [6.07, 6.45) is 0. The molecule has 33 heavy (non-hydrogen) atoms. The van der Waals surface area contributed by atoms with Gasteiger partial charge in [0, 0.05) is 11.3 Å². The lowest BCUT2D eigenvalue weighted by atomic mass is 10.1. The van der Waals surface area contributed by atoms with Gasteiger partial charge in [-0.3, -0.25) is 19.0 Å². The van der Waals surface area contributed by atoms with Gasteiger partial charge in [-0.1, -0.05) is 54.2 Å². The fourth-order valence-electron chi connectivity index (χ4n) is 3.49. The van der Waals surface area contributed by atoms with Crippen LogP contribution < -0.4 is 10.9 Å². The fraction of sp³-hybridized carbons (Fsp3) is 0.154. The number of carbonyl (C=O) groups excluding carboxylic acids is 2. The van der Waals surface area contributed by atoms with E-state index < -0.39 is 5.25 Å². The Morgan fingerprint density at radius 1 is 1.00 bits per heavy atom. The maximum atomic E-state index is 13.4. The quantitative estimate of drug-likeness (QED) is 0.250. The van der Waals surface area contributed by atoms with Crippen LogP contribution in [0.2, 0.25) is 0 Å². The average Bonchev–Trinajstić information content (AvgIpc) is 2.80. The summed E-state index contributed by atoms with van der Waals surface area (Å²) in [5.41, 5.74) is 3.12. The van der Waals surface area contributed by atoms with Crippen molar-refractivity contribution in [2.75, 3.05) is 5.32 Å². The number of aromatic nitrogens is 2. The van der Waals surface area contributed by atoms with Crippen molar-refractivity contribution in [3.63, 3.8) is 0 Å². The third-order valence-electron chi connectivity index (χ3n) is 5.29. The lowest BCUT2D eigenvalue weighted by molar-refractivity contribution is -0.115. The second-order valence-electron chi connectivity index (χ2n) is 7.72.